The molecule has 84 valence electrons. The van der Waals surface area contributed by atoms with E-state index in [1.54, 1.807) is 4.90 Å². The lowest BCUT2D eigenvalue weighted by Crippen LogP contribution is -2.25. The summed E-state index contributed by atoms with van der Waals surface area (Å²) in [4.78, 5) is 13.5. The molecule has 1 saturated heterocycles. The van der Waals surface area contributed by atoms with Crippen molar-refractivity contribution in [1.29, 1.82) is 0 Å². The Morgan fingerprint density at radius 3 is 2.94 bits per heavy atom. The van der Waals surface area contributed by atoms with Gasteiger partial charge in [-0.05, 0) is 13.0 Å². The molecule has 1 fully saturated rings. The van der Waals surface area contributed by atoms with Crippen molar-refractivity contribution in [2.45, 2.75) is 19.9 Å². The van der Waals surface area contributed by atoms with E-state index in [4.69, 9.17) is 6.42 Å². The van der Waals surface area contributed by atoms with Crippen molar-refractivity contribution in [3.8, 4) is 12.3 Å². The zero-order chi connectivity index (χ0) is 11.7. The van der Waals surface area contributed by atoms with Crippen LogP contribution in [0.5, 0.6) is 0 Å². The molecule has 1 aliphatic rings. The highest BCUT2D eigenvalue weighted by atomic mass is 16.2. The van der Waals surface area contributed by atoms with Gasteiger partial charge in [-0.1, -0.05) is 0 Å². The Morgan fingerprint density at radius 2 is 2.44 bits per heavy atom. The molecule has 2 rings (SSSR count). The Bertz CT molecular complexity index is 455. The van der Waals surface area contributed by atoms with Crippen LogP contribution in [0.2, 0.25) is 0 Å². The topological polar surface area (TPSA) is 38.1 Å². The third-order valence-electron chi connectivity index (χ3n) is 2.90. The smallest absolute Gasteiger partial charge is 0.224 e. The number of aromatic nitrogens is 2. The predicted octanol–water partition coefficient (Wildman–Crippen LogP) is 0.710. The van der Waals surface area contributed by atoms with Crippen LogP contribution in [0, 0.1) is 25.2 Å². The summed E-state index contributed by atoms with van der Waals surface area (Å²) >= 11 is 0. The van der Waals surface area contributed by atoms with E-state index in [-0.39, 0.29) is 11.8 Å². The number of amides is 1. The van der Waals surface area contributed by atoms with Crippen molar-refractivity contribution < 1.29 is 4.79 Å². The fourth-order valence-electron chi connectivity index (χ4n) is 2.04. The van der Waals surface area contributed by atoms with Gasteiger partial charge in [-0.3, -0.25) is 9.48 Å². The molecule has 1 amide bonds. The molecule has 2 heterocycles. The maximum absolute atomic E-state index is 11.7. The number of rotatable bonds is 2. The quantitative estimate of drug-likeness (QED) is 0.684. The van der Waals surface area contributed by atoms with Gasteiger partial charge in [-0.15, -0.1) is 12.3 Å². The van der Waals surface area contributed by atoms with Gasteiger partial charge in [-0.25, -0.2) is 0 Å². The number of hydrogen-bond donors (Lipinski definition) is 0. The number of carbonyl (C=O) groups is 1. The van der Waals surface area contributed by atoms with Gasteiger partial charge < -0.3 is 4.90 Å². The summed E-state index contributed by atoms with van der Waals surface area (Å²) in [6, 6.07) is 2.00. The van der Waals surface area contributed by atoms with E-state index >= 15 is 0 Å². The molecular weight excluding hydrogens is 202 g/mol. The molecule has 1 aromatic rings. The lowest BCUT2D eigenvalue weighted by Gasteiger charge is -2.15. The third kappa shape index (κ3) is 1.94. The summed E-state index contributed by atoms with van der Waals surface area (Å²) in [5, 5.41) is 4.26. The van der Waals surface area contributed by atoms with Gasteiger partial charge in [0.05, 0.1) is 17.9 Å². The molecule has 0 bridgehead atoms. The van der Waals surface area contributed by atoms with Gasteiger partial charge in [0.1, 0.15) is 0 Å². The largest absolute Gasteiger partial charge is 0.336 e. The first-order valence-corrected chi connectivity index (χ1v) is 5.33. The van der Waals surface area contributed by atoms with Crippen LogP contribution in [0.3, 0.4) is 0 Å². The summed E-state index contributed by atoms with van der Waals surface area (Å²) in [7, 11) is 1.89. The van der Waals surface area contributed by atoms with Gasteiger partial charge >= 0.3 is 0 Å². The fraction of sp³-hybridized carbons (Fsp3) is 0.500. The van der Waals surface area contributed by atoms with Gasteiger partial charge in [-0.2, -0.15) is 5.10 Å². The van der Waals surface area contributed by atoms with Gasteiger partial charge in [0.15, 0.2) is 0 Å². The molecule has 0 spiro atoms. The van der Waals surface area contributed by atoms with Crippen LogP contribution in [0.4, 0.5) is 0 Å². The molecule has 4 heteroatoms. The first-order chi connectivity index (χ1) is 7.60. The highest BCUT2D eigenvalue weighted by molar-refractivity contribution is 5.79. The number of terminal acetylenes is 1. The zero-order valence-corrected chi connectivity index (χ0v) is 9.60. The van der Waals surface area contributed by atoms with E-state index in [2.05, 4.69) is 11.0 Å². The highest BCUT2D eigenvalue weighted by Gasteiger charge is 2.28. The normalized spacial score (nSPS) is 20.2. The summed E-state index contributed by atoms with van der Waals surface area (Å²) in [6.45, 7) is 3.22. The van der Waals surface area contributed by atoms with E-state index in [9.17, 15) is 4.79 Å². The first kappa shape index (κ1) is 10.7. The van der Waals surface area contributed by atoms with Crippen molar-refractivity contribution in [3.05, 3.63) is 17.5 Å². The molecule has 1 aliphatic heterocycles. The van der Waals surface area contributed by atoms with Crippen LogP contribution < -0.4 is 0 Å². The summed E-state index contributed by atoms with van der Waals surface area (Å²) < 4.78 is 1.81. The SMILES string of the molecule is C#CC1CC(=O)N(Cc2cc(C)nn2C)C1. The van der Waals surface area contributed by atoms with Crippen LogP contribution in [0.25, 0.3) is 0 Å². The number of carbonyl (C=O) groups excluding carboxylic acids is 1. The number of likely N-dealkylation sites (tertiary alicyclic amines) is 1. The van der Waals surface area contributed by atoms with Crippen LogP contribution in [-0.2, 0) is 18.4 Å². The Balaban J connectivity index is 2.09. The highest BCUT2D eigenvalue weighted by Crippen LogP contribution is 2.19. The Morgan fingerprint density at radius 1 is 1.69 bits per heavy atom. The Hall–Kier alpha value is -1.76. The minimum atomic E-state index is 0.0711. The molecule has 16 heavy (non-hydrogen) atoms. The van der Waals surface area contributed by atoms with Crippen LogP contribution in [0.1, 0.15) is 17.8 Å². The minimum Gasteiger partial charge on any atom is -0.336 e. The lowest BCUT2D eigenvalue weighted by atomic mass is 10.1. The molecule has 1 aromatic heterocycles. The Kier molecular flexibility index (Phi) is 2.69. The molecule has 0 aromatic carbocycles. The van der Waals surface area contributed by atoms with Crippen molar-refractivity contribution in [3.63, 3.8) is 0 Å². The van der Waals surface area contributed by atoms with Gasteiger partial charge in [0.25, 0.3) is 0 Å². The second-order valence-electron chi connectivity index (χ2n) is 4.24. The minimum absolute atomic E-state index is 0.0711. The average Bonchev–Trinajstić information content (AvgIpc) is 2.72. The maximum Gasteiger partial charge on any atom is 0.224 e. The third-order valence-corrected chi connectivity index (χ3v) is 2.90. The van der Waals surface area contributed by atoms with Crippen molar-refractivity contribution >= 4 is 5.91 Å². The number of aryl methyl sites for hydroxylation is 2. The van der Waals surface area contributed by atoms with E-state index in [1.807, 2.05) is 24.7 Å². The van der Waals surface area contributed by atoms with Crippen molar-refractivity contribution in [2.24, 2.45) is 13.0 Å². The summed E-state index contributed by atoms with van der Waals surface area (Å²) in [6.07, 6.45) is 5.82. The second kappa shape index (κ2) is 4.01. The molecule has 0 N–H and O–H groups in total. The van der Waals surface area contributed by atoms with Crippen LogP contribution in [0.15, 0.2) is 6.07 Å². The van der Waals surface area contributed by atoms with Gasteiger partial charge in [0.2, 0.25) is 5.91 Å². The van der Waals surface area contributed by atoms with Crippen LogP contribution >= 0.6 is 0 Å². The van der Waals surface area contributed by atoms with E-state index in [1.165, 1.54) is 0 Å². The lowest BCUT2D eigenvalue weighted by molar-refractivity contribution is -0.128. The monoisotopic (exact) mass is 217 g/mol. The maximum atomic E-state index is 11.7. The standard InChI is InChI=1S/C12H15N3O/c1-4-10-6-12(16)15(7-10)8-11-5-9(2)13-14(11)3/h1,5,10H,6-8H2,2-3H3. The average molecular weight is 217 g/mol. The molecule has 0 aliphatic carbocycles. The zero-order valence-electron chi connectivity index (χ0n) is 9.60. The fourth-order valence-corrected chi connectivity index (χ4v) is 2.04. The molecule has 0 saturated carbocycles. The molecule has 1 unspecified atom stereocenters. The number of hydrogen-bond acceptors (Lipinski definition) is 2. The summed E-state index contributed by atoms with van der Waals surface area (Å²) in [5.74, 6) is 2.86. The van der Waals surface area contributed by atoms with Crippen molar-refractivity contribution in [1.82, 2.24) is 14.7 Å². The van der Waals surface area contributed by atoms with E-state index in [0.717, 1.165) is 11.4 Å². The number of nitrogens with zero attached hydrogens (tertiary/aromatic N) is 3. The molecule has 1 atom stereocenters. The Labute approximate surface area is 95.2 Å². The predicted molar refractivity (Wildman–Crippen MR) is 60.3 cm³/mol. The first-order valence-electron chi connectivity index (χ1n) is 5.33. The van der Waals surface area contributed by atoms with E-state index in [0.29, 0.717) is 19.5 Å². The van der Waals surface area contributed by atoms with Gasteiger partial charge in [0, 0.05) is 25.9 Å². The van der Waals surface area contributed by atoms with Crippen LogP contribution in [-0.4, -0.2) is 27.1 Å². The van der Waals surface area contributed by atoms with E-state index < -0.39 is 0 Å². The summed E-state index contributed by atoms with van der Waals surface area (Å²) in [5.41, 5.74) is 2.01. The molecular formula is C12H15N3O. The molecule has 4 nitrogen and oxygen atoms in total. The van der Waals surface area contributed by atoms with Crippen molar-refractivity contribution in [2.75, 3.05) is 6.54 Å². The second-order valence-corrected chi connectivity index (χ2v) is 4.24. The molecule has 0 radical (unpaired) electrons.